The smallest absolute Gasteiger partial charge is 0.213 e. The van der Waals surface area contributed by atoms with Gasteiger partial charge in [-0.3, -0.25) is 0 Å². The van der Waals surface area contributed by atoms with E-state index >= 15 is 0 Å². The molecule has 1 aromatic rings. The van der Waals surface area contributed by atoms with Gasteiger partial charge in [-0.25, -0.2) is 4.98 Å². The summed E-state index contributed by atoms with van der Waals surface area (Å²) in [6.45, 7) is 3.07. The molecule has 1 aliphatic carbocycles. The zero-order chi connectivity index (χ0) is 10.0. The molecule has 76 valence electrons. The fourth-order valence-corrected chi connectivity index (χ4v) is 1.34. The van der Waals surface area contributed by atoms with E-state index in [-0.39, 0.29) is 0 Å². The average molecular weight is 192 g/mol. The molecular formula is C11H16N2O. The maximum atomic E-state index is 5.06. The molecule has 1 N–H and O–H groups in total. The van der Waals surface area contributed by atoms with Crippen molar-refractivity contribution in [2.75, 3.05) is 7.11 Å². The lowest BCUT2D eigenvalue weighted by molar-refractivity contribution is 0.395. The van der Waals surface area contributed by atoms with Crippen LogP contribution in [-0.2, 0) is 6.54 Å². The third kappa shape index (κ3) is 2.23. The molecule has 0 bridgehead atoms. The van der Waals surface area contributed by atoms with Gasteiger partial charge < -0.3 is 10.1 Å². The van der Waals surface area contributed by atoms with Gasteiger partial charge >= 0.3 is 0 Å². The van der Waals surface area contributed by atoms with Gasteiger partial charge in [-0.05, 0) is 25.8 Å². The molecular weight excluding hydrogens is 176 g/mol. The first-order valence-corrected chi connectivity index (χ1v) is 4.97. The summed E-state index contributed by atoms with van der Waals surface area (Å²) in [5, 5.41) is 3.48. The fraction of sp³-hybridized carbons (Fsp3) is 0.545. The Balaban J connectivity index is 1.94. The van der Waals surface area contributed by atoms with Crippen LogP contribution in [0, 0.1) is 0 Å². The highest BCUT2D eigenvalue weighted by molar-refractivity contribution is 5.16. The summed E-state index contributed by atoms with van der Waals surface area (Å²) < 4.78 is 5.06. The molecule has 0 spiro atoms. The van der Waals surface area contributed by atoms with Gasteiger partial charge in [0.2, 0.25) is 5.88 Å². The minimum Gasteiger partial charge on any atom is -0.481 e. The quantitative estimate of drug-likeness (QED) is 0.789. The second kappa shape index (κ2) is 3.58. The second-order valence-electron chi connectivity index (χ2n) is 4.09. The Morgan fingerprint density at radius 1 is 1.50 bits per heavy atom. The fourth-order valence-electron chi connectivity index (χ4n) is 1.34. The molecule has 0 amide bonds. The van der Waals surface area contributed by atoms with Crippen LogP contribution in [0.1, 0.15) is 25.5 Å². The normalized spacial score (nSPS) is 17.9. The van der Waals surface area contributed by atoms with E-state index in [4.69, 9.17) is 4.74 Å². The molecule has 3 heteroatoms. The van der Waals surface area contributed by atoms with E-state index in [1.165, 1.54) is 12.8 Å². The zero-order valence-electron chi connectivity index (χ0n) is 8.71. The number of methoxy groups -OCH3 is 1. The summed E-state index contributed by atoms with van der Waals surface area (Å²) in [5.74, 6) is 0.685. The lowest BCUT2D eigenvalue weighted by atomic mass is 10.3. The molecule has 0 atom stereocenters. The number of nitrogens with one attached hydrogen (secondary N) is 1. The SMILES string of the molecule is COc1cccc(CNC2(C)CC2)n1. The highest BCUT2D eigenvalue weighted by Crippen LogP contribution is 2.34. The zero-order valence-corrected chi connectivity index (χ0v) is 8.71. The van der Waals surface area contributed by atoms with Crippen molar-refractivity contribution in [3.8, 4) is 5.88 Å². The van der Waals surface area contributed by atoms with Gasteiger partial charge in [0.05, 0.1) is 12.8 Å². The Labute approximate surface area is 84.5 Å². The molecule has 0 aliphatic heterocycles. The van der Waals surface area contributed by atoms with E-state index in [0.29, 0.717) is 11.4 Å². The molecule has 0 saturated heterocycles. The highest BCUT2D eigenvalue weighted by Gasteiger charge is 2.36. The Hall–Kier alpha value is -1.09. The van der Waals surface area contributed by atoms with Crippen molar-refractivity contribution in [1.82, 2.24) is 10.3 Å². The van der Waals surface area contributed by atoms with Crippen LogP contribution in [-0.4, -0.2) is 17.6 Å². The van der Waals surface area contributed by atoms with Gasteiger partial charge in [0.25, 0.3) is 0 Å². The number of hydrogen-bond donors (Lipinski definition) is 1. The lowest BCUT2D eigenvalue weighted by Gasteiger charge is -2.10. The number of pyridine rings is 1. The number of hydrogen-bond acceptors (Lipinski definition) is 3. The van der Waals surface area contributed by atoms with Gasteiger partial charge in [-0.15, -0.1) is 0 Å². The Morgan fingerprint density at radius 3 is 2.93 bits per heavy atom. The van der Waals surface area contributed by atoms with Crippen LogP contribution in [0.15, 0.2) is 18.2 Å². The van der Waals surface area contributed by atoms with Gasteiger partial charge in [0.15, 0.2) is 0 Å². The third-order valence-electron chi connectivity index (χ3n) is 2.69. The first-order chi connectivity index (χ1) is 6.72. The predicted molar refractivity (Wildman–Crippen MR) is 55.3 cm³/mol. The number of nitrogens with zero attached hydrogens (tertiary/aromatic N) is 1. The van der Waals surface area contributed by atoms with Crippen LogP contribution >= 0.6 is 0 Å². The van der Waals surface area contributed by atoms with Crippen LogP contribution in [0.25, 0.3) is 0 Å². The van der Waals surface area contributed by atoms with E-state index in [0.717, 1.165) is 12.2 Å². The number of rotatable bonds is 4. The van der Waals surface area contributed by atoms with E-state index in [1.807, 2.05) is 18.2 Å². The number of ether oxygens (including phenoxy) is 1. The number of aromatic nitrogens is 1. The second-order valence-corrected chi connectivity index (χ2v) is 4.09. The largest absolute Gasteiger partial charge is 0.481 e. The van der Waals surface area contributed by atoms with Crippen molar-refractivity contribution in [2.24, 2.45) is 0 Å². The summed E-state index contributed by atoms with van der Waals surface area (Å²) in [4.78, 5) is 4.34. The predicted octanol–water partition coefficient (Wildman–Crippen LogP) is 1.73. The first-order valence-electron chi connectivity index (χ1n) is 4.97. The van der Waals surface area contributed by atoms with Crippen molar-refractivity contribution in [3.05, 3.63) is 23.9 Å². The average Bonchev–Trinajstić information content (AvgIpc) is 2.95. The molecule has 0 unspecified atom stereocenters. The highest BCUT2D eigenvalue weighted by atomic mass is 16.5. The molecule has 3 nitrogen and oxygen atoms in total. The van der Waals surface area contributed by atoms with Crippen LogP contribution in [0.2, 0.25) is 0 Å². The molecule has 1 fully saturated rings. The summed E-state index contributed by atoms with van der Waals surface area (Å²) >= 11 is 0. The summed E-state index contributed by atoms with van der Waals surface area (Å²) in [6, 6.07) is 5.85. The summed E-state index contributed by atoms with van der Waals surface area (Å²) in [5.41, 5.74) is 1.41. The molecule has 1 saturated carbocycles. The maximum absolute atomic E-state index is 5.06. The Kier molecular flexibility index (Phi) is 2.42. The van der Waals surface area contributed by atoms with E-state index in [9.17, 15) is 0 Å². The van der Waals surface area contributed by atoms with Crippen LogP contribution in [0.3, 0.4) is 0 Å². The molecule has 0 radical (unpaired) electrons. The molecule has 1 heterocycles. The van der Waals surface area contributed by atoms with Crippen LogP contribution in [0.4, 0.5) is 0 Å². The summed E-state index contributed by atoms with van der Waals surface area (Å²) in [6.07, 6.45) is 2.55. The minimum atomic E-state index is 0.366. The van der Waals surface area contributed by atoms with E-state index in [2.05, 4.69) is 17.2 Å². The van der Waals surface area contributed by atoms with Crippen molar-refractivity contribution >= 4 is 0 Å². The first kappa shape index (κ1) is 9.46. The molecule has 14 heavy (non-hydrogen) atoms. The Morgan fingerprint density at radius 2 is 2.29 bits per heavy atom. The van der Waals surface area contributed by atoms with Gasteiger partial charge in [-0.1, -0.05) is 6.07 Å². The van der Waals surface area contributed by atoms with E-state index in [1.54, 1.807) is 7.11 Å². The molecule has 1 aliphatic rings. The molecule has 0 aromatic carbocycles. The van der Waals surface area contributed by atoms with Crippen molar-refractivity contribution in [2.45, 2.75) is 31.8 Å². The van der Waals surface area contributed by atoms with Gasteiger partial charge in [0.1, 0.15) is 0 Å². The van der Waals surface area contributed by atoms with Gasteiger partial charge in [-0.2, -0.15) is 0 Å². The van der Waals surface area contributed by atoms with Crippen molar-refractivity contribution < 1.29 is 4.74 Å². The monoisotopic (exact) mass is 192 g/mol. The standard InChI is InChI=1S/C11H16N2O/c1-11(6-7-11)12-8-9-4-3-5-10(13-9)14-2/h3-5,12H,6-8H2,1-2H3. The minimum absolute atomic E-state index is 0.366. The van der Waals surface area contributed by atoms with Gasteiger partial charge in [0, 0.05) is 18.2 Å². The third-order valence-corrected chi connectivity index (χ3v) is 2.69. The topological polar surface area (TPSA) is 34.1 Å². The van der Waals surface area contributed by atoms with Crippen molar-refractivity contribution in [3.63, 3.8) is 0 Å². The maximum Gasteiger partial charge on any atom is 0.213 e. The molecule has 1 aromatic heterocycles. The van der Waals surface area contributed by atoms with Crippen molar-refractivity contribution in [1.29, 1.82) is 0 Å². The lowest BCUT2D eigenvalue weighted by Crippen LogP contribution is -2.27. The van der Waals surface area contributed by atoms with Crippen LogP contribution < -0.4 is 10.1 Å². The van der Waals surface area contributed by atoms with Crippen LogP contribution in [0.5, 0.6) is 5.88 Å². The Bertz CT molecular complexity index is 321. The van der Waals surface area contributed by atoms with E-state index < -0.39 is 0 Å². The summed E-state index contributed by atoms with van der Waals surface area (Å²) in [7, 11) is 1.64. The molecule has 2 rings (SSSR count).